The molecular weight excluding hydrogens is 228 g/mol. The van der Waals surface area contributed by atoms with E-state index in [9.17, 15) is 4.79 Å². The quantitative estimate of drug-likeness (QED) is 0.796. The van der Waals surface area contributed by atoms with Crippen molar-refractivity contribution in [3.63, 3.8) is 0 Å². The number of anilines is 1. The van der Waals surface area contributed by atoms with Crippen LogP contribution in [0.5, 0.6) is 0 Å². The molecule has 0 aliphatic heterocycles. The lowest BCUT2D eigenvalue weighted by Gasteiger charge is -2.08. The number of rotatable bonds is 4. The van der Waals surface area contributed by atoms with Crippen molar-refractivity contribution in [2.24, 2.45) is 5.92 Å². The summed E-state index contributed by atoms with van der Waals surface area (Å²) >= 11 is 0. The van der Waals surface area contributed by atoms with Gasteiger partial charge in [0.1, 0.15) is 12.4 Å². The molecule has 0 saturated heterocycles. The normalized spacial score (nSPS) is 11.3. The van der Waals surface area contributed by atoms with E-state index in [1.54, 1.807) is 18.3 Å². The molecule has 1 heterocycles. The molecule has 1 rings (SSSR count). The van der Waals surface area contributed by atoms with Crippen LogP contribution in [0.4, 0.5) is 5.82 Å². The van der Waals surface area contributed by atoms with Crippen molar-refractivity contribution in [3.05, 3.63) is 23.9 Å². The zero-order valence-electron chi connectivity index (χ0n) is 10.7. The van der Waals surface area contributed by atoms with Crippen molar-refractivity contribution in [1.82, 2.24) is 4.98 Å². The van der Waals surface area contributed by atoms with Gasteiger partial charge in [0, 0.05) is 18.2 Å². The highest BCUT2D eigenvalue weighted by Crippen LogP contribution is 2.10. The van der Waals surface area contributed by atoms with Gasteiger partial charge >= 0.3 is 0 Å². The minimum Gasteiger partial charge on any atom is -0.384 e. The number of aliphatic hydroxyl groups excluding tert-OH is 1. The van der Waals surface area contributed by atoms with Crippen LogP contribution in [0, 0.1) is 17.8 Å². The number of nitrogens with zero attached hydrogens (tertiary/aromatic N) is 1. The molecule has 0 radical (unpaired) electrons. The highest BCUT2D eigenvalue weighted by atomic mass is 16.2. The second kappa shape index (κ2) is 7.46. The highest BCUT2D eigenvalue weighted by Gasteiger charge is 2.08. The molecule has 0 spiro atoms. The van der Waals surface area contributed by atoms with Crippen LogP contribution >= 0.6 is 0 Å². The number of carbonyl (C=O) groups excluding carboxylic acids is 1. The largest absolute Gasteiger partial charge is 0.384 e. The monoisotopic (exact) mass is 246 g/mol. The Morgan fingerprint density at radius 3 is 3.06 bits per heavy atom. The predicted octanol–water partition coefficient (Wildman–Crippen LogP) is 1.80. The van der Waals surface area contributed by atoms with Crippen LogP contribution in [0.2, 0.25) is 0 Å². The molecule has 4 heteroatoms. The molecule has 0 aliphatic carbocycles. The molecular formula is C14H18N2O2. The Balaban J connectivity index is 2.64. The van der Waals surface area contributed by atoms with E-state index in [2.05, 4.69) is 29.1 Å². The van der Waals surface area contributed by atoms with Crippen LogP contribution in [-0.2, 0) is 4.79 Å². The lowest BCUT2D eigenvalue weighted by atomic mass is 10.1. The van der Waals surface area contributed by atoms with E-state index in [1.807, 2.05) is 6.92 Å². The molecule has 4 nitrogen and oxygen atoms in total. The van der Waals surface area contributed by atoms with Crippen molar-refractivity contribution in [2.75, 3.05) is 11.9 Å². The summed E-state index contributed by atoms with van der Waals surface area (Å²) in [7, 11) is 0. The van der Waals surface area contributed by atoms with E-state index in [-0.39, 0.29) is 12.5 Å². The van der Waals surface area contributed by atoms with Crippen LogP contribution in [-0.4, -0.2) is 22.6 Å². The molecule has 2 N–H and O–H groups in total. The van der Waals surface area contributed by atoms with Crippen molar-refractivity contribution < 1.29 is 9.90 Å². The molecule has 0 aromatic carbocycles. The second-order valence-electron chi connectivity index (χ2n) is 4.16. The number of amides is 1. The molecule has 18 heavy (non-hydrogen) atoms. The van der Waals surface area contributed by atoms with Gasteiger partial charge in [-0.2, -0.15) is 0 Å². The topological polar surface area (TPSA) is 62.2 Å². The average molecular weight is 246 g/mol. The van der Waals surface area contributed by atoms with Crippen molar-refractivity contribution in [3.8, 4) is 11.8 Å². The maximum atomic E-state index is 11.7. The summed E-state index contributed by atoms with van der Waals surface area (Å²) in [4.78, 5) is 15.7. The van der Waals surface area contributed by atoms with Crippen LogP contribution in [0.15, 0.2) is 18.3 Å². The van der Waals surface area contributed by atoms with Crippen molar-refractivity contribution in [1.29, 1.82) is 0 Å². The standard InChI is InChI=1S/C14H18N2O2/c1-3-11(2)9-14(18)16-13-10-12(5-4-8-17)6-7-15-13/h6-7,10-11,17H,3,8-9H2,1-2H3,(H,15,16,18). The smallest absolute Gasteiger partial charge is 0.225 e. The van der Waals surface area contributed by atoms with Gasteiger partial charge in [-0.25, -0.2) is 4.98 Å². The fourth-order valence-electron chi connectivity index (χ4n) is 1.37. The molecule has 1 aromatic rings. The van der Waals surface area contributed by atoms with Crippen LogP contribution < -0.4 is 5.32 Å². The Morgan fingerprint density at radius 1 is 1.61 bits per heavy atom. The molecule has 1 amide bonds. The summed E-state index contributed by atoms with van der Waals surface area (Å²) in [6, 6.07) is 3.42. The molecule has 1 aromatic heterocycles. The fraction of sp³-hybridized carbons (Fsp3) is 0.429. The van der Waals surface area contributed by atoms with Gasteiger partial charge in [-0.1, -0.05) is 32.1 Å². The lowest BCUT2D eigenvalue weighted by Crippen LogP contribution is -2.15. The van der Waals surface area contributed by atoms with Gasteiger partial charge in [-0.15, -0.1) is 0 Å². The number of hydrogen-bond acceptors (Lipinski definition) is 3. The first-order valence-corrected chi connectivity index (χ1v) is 6.01. The summed E-state index contributed by atoms with van der Waals surface area (Å²) in [5.41, 5.74) is 0.720. The third-order valence-electron chi connectivity index (χ3n) is 2.57. The lowest BCUT2D eigenvalue weighted by molar-refractivity contribution is -0.117. The van der Waals surface area contributed by atoms with Crippen molar-refractivity contribution >= 4 is 11.7 Å². The molecule has 0 bridgehead atoms. The van der Waals surface area contributed by atoms with Crippen LogP contribution in [0.3, 0.4) is 0 Å². The second-order valence-corrected chi connectivity index (χ2v) is 4.16. The van der Waals surface area contributed by atoms with Gasteiger partial charge in [0.25, 0.3) is 0 Å². The number of carbonyl (C=O) groups is 1. The first-order chi connectivity index (χ1) is 8.65. The summed E-state index contributed by atoms with van der Waals surface area (Å²) in [6.45, 7) is 3.91. The molecule has 0 saturated carbocycles. The SMILES string of the molecule is CCC(C)CC(=O)Nc1cc(C#CCO)ccn1. The van der Waals surface area contributed by atoms with Gasteiger partial charge in [0.15, 0.2) is 0 Å². The maximum absolute atomic E-state index is 11.7. The van der Waals surface area contributed by atoms with E-state index in [0.29, 0.717) is 18.2 Å². The molecule has 1 unspecified atom stereocenters. The van der Waals surface area contributed by atoms with E-state index in [1.165, 1.54) is 0 Å². The third kappa shape index (κ3) is 4.98. The maximum Gasteiger partial charge on any atom is 0.225 e. The molecule has 0 aliphatic rings. The highest BCUT2D eigenvalue weighted by molar-refractivity contribution is 5.89. The minimum atomic E-state index is -0.183. The molecule has 0 fully saturated rings. The Bertz CT molecular complexity index is 460. The van der Waals surface area contributed by atoms with E-state index < -0.39 is 0 Å². The number of nitrogens with one attached hydrogen (secondary N) is 1. The summed E-state index contributed by atoms with van der Waals surface area (Å²) < 4.78 is 0. The number of aliphatic hydroxyl groups is 1. The Morgan fingerprint density at radius 2 is 2.39 bits per heavy atom. The third-order valence-corrected chi connectivity index (χ3v) is 2.57. The summed E-state index contributed by atoms with van der Waals surface area (Å²) in [5.74, 6) is 6.14. The van der Waals surface area contributed by atoms with Gasteiger partial charge in [-0.05, 0) is 18.1 Å². The zero-order valence-corrected chi connectivity index (χ0v) is 10.7. The Labute approximate surface area is 107 Å². The summed E-state index contributed by atoms with van der Waals surface area (Å²) in [6.07, 6.45) is 3.05. The number of pyridine rings is 1. The first kappa shape index (κ1) is 14.2. The Hall–Kier alpha value is -1.86. The fourth-order valence-corrected chi connectivity index (χ4v) is 1.37. The first-order valence-electron chi connectivity index (χ1n) is 6.01. The van der Waals surface area contributed by atoms with Crippen LogP contribution in [0.1, 0.15) is 32.3 Å². The number of aromatic nitrogens is 1. The summed E-state index contributed by atoms with van der Waals surface area (Å²) in [5, 5.41) is 11.4. The van der Waals surface area contributed by atoms with Gasteiger partial charge < -0.3 is 10.4 Å². The van der Waals surface area contributed by atoms with Gasteiger partial charge in [0.05, 0.1) is 0 Å². The van der Waals surface area contributed by atoms with Crippen LogP contribution in [0.25, 0.3) is 0 Å². The zero-order chi connectivity index (χ0) is 13.4. The van der Waals surface area contributed by atoms with Gasteiger partial charge in [0.2, 0.25) is 5.91 Å². The number of hydrogen-bond donors (Lipinski definition) is 2. The average Bonchev–Trinajstić information content (AvgIpc) is 2.36. The molecule has 96 valence electrons. The molecule has 1 atom stereocenters. The van der Waals surface area contributed by atoms with E-state index in [4.69, 9.17) is 5.11 Å². The minimum absolute atomic E-state index is 0.0379. The van der Waals surface area contributed by atoms with E-state index in [0.717, 1.165) is 12.0 Å². The Kier molecular flexibility index (Phi) is 5.89. The predicted molar refractivity (Wildman–Crippen MR) is 70.9 cm³/mol. The van der Waals surface area contributed by atoms with Gasteiger partial charge in [-0.3, -0.25) is 4.79 Å². The van der Waals surface area contributed by atoms with Crippen molar-refractivity contribution in [2.45, 2.75) is 26.7 Å². The van der Waals surface area contributed by atoms with E-state index >= 15 is 0 Å².